The molecule has 0 bridgehead atoms. The van der Waals surface area contributed by atoms with Crippen LogP contribution in [0.5, 0.6) is 0 Å². The number of pyridine rings is 1. The molecule has 1 heterocycles. The van der Waals surface area contributed by atoms with Crippen LogP contribution in [0.4, 0.5) is 0 Å². The maximum absolute atomic E-state index is 11.4. The molecule has 0 N–H and O–H groups in total. The van der Waals surface area contributed by atoms with Crippen molar-refractivity contribution in [1.29, 1.82) is 5.26 Å². The van der Waals surface area contributed by atoms with Gasteiger partial charge in [-0.05, 0) is 18.4 Å². The minimum atomic E-state index is -0.195. The molecule has 0 atom stereocenters. The molecule has 0 saturated heterocycles. The molecule has 0 aliphatic heterocycles. The van der Waals surface area contributed by atoms with E-state index in [1.807, 2.05) is 26.2 Å². The van der Waals surface area contributed by atoms with Crippen molar-refractivity contribution in [1.82, 2.24) is 4.57 Å². The third-order valence-electron chi connectivity index (χ3n) is 1.68. The van der Waals surface area contributed by atoms with Crippen LogP contribution in [0, 0.1) is 11.3 Å². The van der Waals surface area contributed by atoms with Crippen LogP contribution in [0.1, 0.15) is 19.4 Å². The van der Waals surface area contributed by atoms with Crippen molar-refractivity contribution in [2.24, 2.45) is 0 Å². The highest BCUT2D eigenvalue weighted by molar-refractivity contribution is 7.98. The highest BCUT2D eigenvalue weighted by Gasteiger charge is 2.00. The molecule has 0 aliphatic carbocycles. The topological polar surface area (TPSA) is 45.8 Å². The van der Waals surface area contributed by atoms with E-state index in [0.29, 0.717) is 6.54 Å². The molecule has 0 aliphatic rings. The summed E-state index contributed by atoms with van der Waals surface area (Å²) in [7, 11) is 0. The van der Waals surface area contributed by atoms with E-state index in [4.69, 9.17) is 5.26 Å². The van der Waals surface area contributed by atoms with E-state index in [9.17, 15) is 4.79 Å². The third-order valence-corrected chi connectivity index (χ3v) is 2.27. The third kappa shape index (κ3) is 4.22. The Balaban J connectivity index is 0.000000921. The van der Waals surface area contributed by atoms with E-state index in [0.717, 1.165) is 5.75 Å². The Morgan fingerprint density at radius 1 is 1.53 bits per heavy atom. The Bertz CT molecular complexity index is 379. The van der Waals surface area contributed by atoms with Crippen molar-refractivity contribution in [3.05, 3.63) is 34.2 Å². The molecule has 1 aromatic rings. The van der Waals surface area contributed by atoms with Gasteiger partial charge < -0.3 is 4.57 Å². The smallest absolute Gasteiger partial charge is 0.268 e. The zero-order valence-electron chi connectivity index (χ0n) is 9.36. The fourth-order valence-corrected chi connectivity index (χ4v) is 1.37. The zero-order chi connectivity index (χ0) is 11.7. The van der Waals surface area contributed by atoms with Gasteiger partial charge in [-0.3, -0.25) is 4.79 Å². The first kappa shape index (κ1) is 13.8. The zero-order valence-corrected chi connectivity index (χ0v) is 10.2. The molecule has 0 unspecified atom stereocenters. The average molecular weight is 224 g/mol. The van der Waals surface area contributed by atoms with Gasteiger partial charge in [-0.15, -0.1) is 0 Å². The number of hydrogen-bond acceptors (Lipinski definition) is 3. The van der Waals surface area contributed by atoms with Crippen molar-refractivity contribution in [2.75, 3.05) is 12.0 Å². The van der Waals surface area contributed by atoms with Crippen molar-refractivity contribution >= 4 is 11.8 Å². The van der Waals surface area contributed by atoms with Gasteiger partial charge in [0, 0.05) is 18.5 Å². The normalized spacial score (nSPS) is 8.67. The van der Waals surface area contributed by atoms with Gasteiger partial charge in [0.25, 0.3) is 5.56 Å². The molecule has 4 heteroatoms. The summed E-state index contributed by atoms with van der Waals surface area (Å²) in [5.41, 5.74) is 0.0163. The number of nitriles is 1. The lowest BCUT2D eigenvalue weighted by molar-refractivity contribution is 0.733. The second kappa shape index (κ2) is 8.13. The molecule has 0 aromatic carbocycles. The number of hydrogen-bond donors (Lipinski definition) is 0. The first-order chi connectivity index (χ1) is 7.29. The van der Waals surface area contributed by atoms with E-state index in [-0.39, 0.29) is 11.1 Å². The number of thioether (sulfide) groups is 1. The molecular weight excluding hydrogens is 208 g/mol. The monoisotopic (exact) mass is 224 g/mol. The number of nitrogens with zero attached hydrogens (tertiary/aromatic N) is 2. The molecule has 0 amide bonds. The lowest BCUT2D eigenvalue weighted by Crippen LogP contribution is -2.22. The van der Waals surface area contributed by atoms with Crippen LogP contribution in [0.3, 0.4) is 0 Å². The highest BCUT2D eigenvalue weighted by Crippen LogP contribution is 1.94. The summed E-state index contributed by atoms with van der Waals surface area (Å²) in [6.07, 6.45) is 3.69. The molecule has 82 valence electrons. The summed E-state index contributed by atoms with van der Waals surface area (Å²) in [5.74, 6) is 0.884. The van der Waals surface area contributed by atoms with Crippen molar-refractivity contribution in [2.45, 2.75) is 20.4 Å². The van der Waals surface area contributed by atoms with Crippen LogP contribution in [0.15, 0.2) is 23.1 Å². The fourth-order valence-electron chi connectivity index (χ4n) is 0.988. The summed E-state index contributed by atoms with van der Waals surface area (Å²) < 4.78 is 1.56. The van der Waals surface area contributed by atoms with Crippen molar-refractivity contribution in [3.63, 3.8) is 0 Å². The largest absolute Gasteiger partial charge is 0.314 e. The Hall–Kier alpha value is -1.21. The molecule has 1 rings (SSSR count). The van der Waals surface area contributed by atoms with Gasteiger partial charge >= 0.3 is 0 Å². The van der Waals surface area contributed by atoms with Crippen LogP contribution >= 0.6 is 11.8 Å². The molecule has 15 heavy (non-hydrogen) atoms. The summed E-state index contributed by atoms with van der Waals surface area (Å²) in [5, 5.41) is 8.60. The number of rotatable bonds is 3. The Morgan fingerprint density at radius 2 is 2.20 bits per heavy atom. The average Bonchev–Trinajstić information content (AvgIpc) is 2.30. The minimum Gasteiger partial charge on any atom is -0.314 e. The molecule has 0 radical (unpaired) electrons. The van der Waals surface area contributed by atoms with Gasteiger partial charge in [-0.2, -0.15) is 17.0 Å². The SMILES string of the molecule is CC.CSCCn1cccc(C#N)c1=O. The lowest BCUT2D eigenvalue weighted by Gasteiger charge is -2.02. The van der Waals surface area contributed by atoms with E-state index >= 15 is 0 Å². The van der Waals surface area contributed by atoms with Crippen molar-refractivity contribution < 1.29 is 0 Å². The summed E-state index contributed by atoms with van der Waals surface area (Å²) >= 11 is 1.68. The van der Waals surface area contributed by atoms with Crippen molar-refractivity contribution in [3.8, 4) is 6.07 Å². The molecule has 0 spiro atoms. The maximum Gasteiger partial charge on any atom is 0.268 e. The molecule has 3 nitrogen and oxygen atoms in total. The van der Waals surface area contributed by atoms with Crippen LogP contribution in [0.25, 0.3) is 0 Å². The highest BCUT2D eigenvalue weighted by atomic mass is 32.2. The lowest BCUT2D eigenvalue weighted by atomic mass is 10.3. The van der Waals surface area contributed by atoms with E-state index < -0.39 is 0 Å². The van der Waals surface area contributed by atoms with Crippen LogP contribution in [0.2, 0.25) is 0 Å². The van der Waals surface area contributed by atoms with E-state index in [1.54, 1.807) is 28.6 Å². The predicted molar refractivity (Wildman–Crippen MR) is 65.1 cm³/mol. The predicted octanol–water partition coefficient (Wildman–Crippen LogP) is 2.11. The van der Waals surface area contributed by atoms with Gasteiger partial charge in [-0.25, -0.2) is 0 Å². The van der Waals surface area contributed by atoms with E-state index in [1.165, 1.54) is 6.07 Å². The summed E-state index contributed by atoms with van der Waals surface area (Å²) in [4.78, 5) is 11.4. The van der Waals surface area contributed by atoms with Gasteiger partial charge in [0.2, 0.25) is 0 Å². The quantitative estimate of drug-likeness (QED) is 0.790. The first-order valence-electron chi connectivity index (χ1n) is 4.88. The Labute approximate surface area is 94.7 Å². The first-order valence-corrected chi connectivity index (χ1v) is 6.27. The molecule has 0 fully saturated rings. The minimum absolute atomic E-state index is 0.195. The molecule has 0 saturated carbocycles. The number of aryl methyl sites for hydroxylation is 1. The molecular formula is C11H16N2OS. The Kier molecular flexibility index (Phi) is 7.47. The summed E-state index contributed by atoms with van der Waals surface area (Å²) in [6.45, 7) is 4.66. The second-order valence-corrected chi connectivity index (χ2v) is 3.51. The fraction of sp³-hybridized carbons (Fsp3) is 0.455. The van der Waals surface area contributed by atoms with Gasteiger partial charge in [0.05, 0.1) is 0 Å². The Morgan fingerprint density at radius 3 is 2.73 bits per heavy atom. The standard InChI is InChI=1S/C9H10N2OS.C2H6/c1-13-6-5-11-4-2-3-8(7-10)9(11)12;1-2/h2-4H,5-6H2,1H3;1-2H3. The number of aromatic nitrogens is 1. The molecule has 1 aromatic heterocycles. The van der Waals surface area contributed by atoms with Crippen LogP contribution in [-0.4, -0.2) is 16.6 Å². The van der Waals surface area contributed by atoms with E-state index in [2.05, 4.69) is 0 Å². The van der Waals surface area contributed by atoms with Crippen LogP contribution in [-0.2, 0) is 6.54 Å². The van der Waals surface area contributed by atoms with Gasteiger partial charge in [0.1, 0.15) is 11.6 Å². The maximum atomic E-state index is 11.4. The van der Waals surface area contributed by atoms with Gasteiger partial charge in [0.15, 0.2) is 0 Å². The summed E-state index contributed by atoms with van der Waals surface area (Å²) in [6, 6.07) is 5.13. The van der Waals surface area contributed by atoms with Gasteiger partial charge in [-0.1, -0.05) is 13.8 Å². The second-order valence-electron chi connectivity index (χ2n) is 2.53. The van der Waals surface area contributed by atoms with Crippen LogP contribution < -0.4 is 5.56 Å².